The minimum absolute atomic E-state index is 0.0983. The molecule has 0 radical (unpaired) electrons. The maximum Gasteiger partial charge on any atom is 0.343 e. The summed E-state index contributed by atoms with van der Waals surface area (Å²) in [5.41, 5.74) is 6.77. The Morgan fingerprint density at radius 1 is 1.40 bits per heavy atom. The van der Waals surface area contributed by atoms with Gasteiger partial charge in [-0.15, -0.1) is 0 Å². The molecular weight excluding hydrogens is 260 g/mol. The number of anilines is 1. The highest BCUT2D eigenvalue weighted by Gasteiger charge is 2.16. The summed E-state index contributed by atoms with van der Waals surface area (Å²) >= 11 is 0. The summed E-state index contributed by atoms with van der Waals surface area (Å²) in [5, 5.41) is 9.08. The Kier molecular flexibility index (Phi) is 4.17. The molecule has 6 heteroatoms. The van der Waals surface area contributed by atoms with Gasteiger partial charge in [0.25, 0.3) is 0 Å². The van der Waals surface area contributed by atoms with Crippen LogP contribution in [0.3, 0.4) is 0 Å². The summed E-state index contributed by atoms with van der Waals surface area (Å²) in [5.74, 6) is -0.0294. The van der Waals surface area contributed by atoms with Crippen molar-refractivity contribution >= 4 is 11.7 Å². The zero-order valence-corrected chi connectivity index (χ0v) is 10.9. The average molecular weight is 274 g/mol. The van der Waals surface area contributed by atoms with Crippen molar-refractivity contribution in [2.24, 2.45) is 0 Å². The molecule has 0 bridgehead atoms. The molecule has 1 aromatic carbocycles. The number of hydrogen-bond donors (Lipinski definition) is 2. The van der Waals surface area contributed by atoms with E-state index < -0.39 is 5.97 Å². The van der Waals surface area contributed by atoms with Gasteiger partial charge in [-0.05, 0) is 23.8 Å². The Balaban J connectivity index is 2.35. The van der Waals surface area contributed by atoms with E-state index in [0.29, 0.717) is 17.0 Å². The largest absolute Gasteiger partial charge is 0.465 e. The van der Waals surface area contributed by atoms with Gasteiger partial charge in [-0.25, -0.2) is 9.78 Å². The van der Waals surface area contributed by atoms with Gasteiger partial charge in [0.1, 0.15) is 11.3 Å². The Bertz CT molecular complexity index is 628. The second-order valence-electron chi connectivity index (χ2n) is 4.02. The molecular formula is C14H14N2O4. The number of aliphatic hydroxyl groups is 1. The van der Waals surface area contributed by atoms with Gasteiger partial charge in [0.15, 0.2) is 0 Å². The number of nitrogen functional groups attached to an aromatic ring is 1. The topological polar surface area (TPSA) is 94.7 Å². The molecule has 0 saturated carbocycles. The zero-order valence-electron chi connectivity index (χ0n) is 10.9. The number of carbonyl (C=O) groups is 1. The van der Waals surface area contributed by atoms with Crippen molar-refractivity contribution in [1.82, 2.24) is 4.98 Å². The van der Waals surface area contributed by atoms with E-state index in [1.54, 1.807) is 24.3 Å². The first-order chi connectivity index (χ1) is 9.63. The molecule has 1 aromatic heterocycles. The molecule has 1 heterocycles. The molecule has 0 unspecified atom stereocenters. The van der Waals surface area contributed by atoms with Crippen LogP contribution in [0.25, 0.3) is 0 Å². The molecule has 0 aliphatic carbocycles. The number of rotatable bonds is 4. The summed E-state index contributed by atoms with van der Waals surface area (Å²) in [6.07, 6.45) is 1.39. The van der Waals surface area contributed by atoms with Crippen molar-refractivity contribution in [3.05, 3.63) is 47.7 Å². The lowest BCUT2D eigenvalue weighted by Gasteiger charge is -2.10. The molecule has 0 aliphatic heterocycles. The van der Waals surface area contributed by atoms with Crippen molar-refractivity contribution in [2.75, 3.05) is 12.8 Å². The van der Waals surface area contributed by atoms with Crippen LogP contribution in [0, 0.1) is 0 Å². The molecule has 2 aromatic rings. The number of hydrogen-bond acceptors (Lipinski definition) is 6. The van der Waals surface area contributed by atoms with Crippen LogP contribution < -0.4 is 10.5 Å². The van der Waals surface area contributed by atoms with Gasteiger partial charge in [0.05, 0.1) is 25.6 Å². The van der Waals surface area contributed by atoms with E-state index >= 15 is 0 Å². The lowest BCUT2D eigenvalue weighted by atomic mass is 10.2. The van der Waals surface area contributed by atoms with Crippen molar-refractivity contribution in [1.29, 1.82) is 0 Å². The maximum absolute atomic E-state index is 11.7. The third-order valence-corrected chi connectivity index (χ3v) is 2.57. The molecule has 0 saturated heterocycles. The van der Waals surface area contributed by atoms with Gasteiger partial charge in [-0.3, -0.25) is 0 Å². The summed E-state index contributed by atoms with van der Waals surface area (Å²) in [4.78, 5) is 15.6. The fraction of sp³-hybridized carbons (Fsp3) is 0.143. The Morgan fingerprint density at radius 2 is 2.20 bits per heavy atom. The van der Waals surface area contributed by atoms with Crippen LogP contribution in [-0.4, -0.2) is 23.2 Å². The average Bonchev–Trinajstić information content (AvgIpc) is 2.48. The first-order valence-electron chi connectivity index (χ1n) is 5.85. The minimum atomic E-state index is -0.585. The van der Waals surface area contributed by atoms with Gasteiger partial charge in [0.2, 0.25) is 5.88 Å². The standard InChI is InChI=1S/C14H14N2O4/c1-19-14(18)12-6-10(15)7-16-13(12)20-11-4-2-3-9(5-11)8-17/h2-7,17H,8,15H2,1H3. The number of aromatic nitrogens is 1. The second kappa shape index (κ2) is 6.03. The van der Waals surface area contributed by atoms with Crippen LogP contribution in [0.15, 0.2) is 36.5 Å². The smallest absolute Gasteiger partial charge is 0.343 e. The molecule has 20 heavy (non-hydrogen) atoms. The molecule has 6 nitrogen and oxygen atoms in total. The van der Waals surface area contributed by atoms with Crippen LogP contribution in [0.4, 0.5) is 5.69 Å². The van der Waals surface area contributed by atoms with E-state index in [4.69, 9.17) is 15.6 Å². The number of pyridine rings is 1. The molecule has 0 aliphatic rings. The number of carbonyl (C=O) groups excluding carboxylic acids is 1. The lowest BCUT2D eigenvalue weighted by molar-refractivity contribution is 0.0597. The van der Waals surface area contributed by atoms with Crippen LogP contribution in [0.5, 0.6) is 11.6 Å². The quantitative estimate of drug-likeness (QED) is 0.824. The fourth-order valence-electron chi connectivity index (χ4n) is 1.62. The number of nitrogens with zero attached hydrogens (tertiary/aromatic N) is 1. The number of ether oxygens (including phenoxy) is 2. The van der Waals surface area contributed by atoms with Crippen LogP contribution >= 0.6 is 0 Å². The monoisotopic (exact) mass is 274 g/mol. The van der Waals surface area contributed by atoms with E-state index in [1.165, 1.54) is 19.4 Å². The van der Waals surface area contributed by atoms with Crippen molar-refractivity contribution in [3.8, 4) is 11.6 Å². The third kappa shape index (κ3) is 3.04. The Labute approximate surface area is 115 Å². The summed E-state index contributed by atoms with van der Waals surface area (Å²) < 4.78 is 10.2. The fourth-order valence-corrected chi connectivity index (χ4v) is 1.62. The minimum Gasteiger partial charge on any atom is -0.465 e. The maximum atomic E-state index is 11.7. The van der Waals surface area contributed by atoms with Crippen molar-refractivity contribution in [2.45, 2.75) is 6.61 Å². The molecule has 0 atom stereocenters. The Morgan fingerprint density at radius 3 is 2.90 bits per heavy atom. The molecule has 0 amide bonds. The summed E-state index contributed by atoms with van der Waals surface area (Å²) in [7, 11) is 1.27. The number of esters is 1. The zero-order chi connectivity index (χ0) is 14.5. The van der Waals surface area contributed by atoms with Gasteiger partial charge in [-0.1, -0.05) is 12.1 Å². The normalized spacial score (nSPS) is 10.1. The predicted octanol–water partition coefficient (Wildman–Crippen LogP) is 1.73. The first-order valence-corrected chi connectivity index (χ1v) is 5.85. The highest BCUT2D eigenvalue weighted by molar-refractivity contribution is 5.92. The summed E-state index contributed by atoms with van der Waals surface area (Å²) in [6.45, 7) is -0.101. The summed E-state index contributed by atoms with van der Waals surface area (Å²) in [6, 6.07) is 8.27. The first kappa shape index (κ1) is 13.8. The molecule has 3 N–H and O–H groups in total. The van der Waals surface area contributed by atoms with E-state index in [9.17, 15) is 4.79 Å². The van der Waals surface area contributed by atoms with E-state index in [2.05, 4.69) is 9.72 Å². The number of nitrogens with two attached hydrogens (primary N) is 1. The van der Waals surface area contributed by atoms with Gasteiger partial charge >= 0.3 is 5.97 Å². The number of methoxy groups -OCH3 is 1. The lowest BCUT2D eigenvalue weighted by Crippen LogP contribution is -2.06. The highest BCUT2D eigenvalue weighted by atomic mass is 16.5. The van der Waals surface area contributed by atoms with Crippen LogP contribution in [-0.2, 0) is 11.3 Å². The third-order valence-electron chi connectivity index (χ3n) is 2.57. The van der Waals surface area contributed by atoms with Gasteiger partial charge in [-0.2, -0.15) is 0 Å². The number of benzene rings is 1. The molecule has 0 spiro atoms. The molecule has 0 fully saturated rings. The highest BCUT2D eigenvalue weighted by Crippen LogP contribution is 2.25. The SMILES string of the molecule is COC(=O)c1cc(N)cnc1Oc1cccc(CO)c1. The van der Waals surface area contributed by atoms with Gasteiger partial charge < -0.3 is 20.3 Å². The van der Waals surface area contributed by atoms with Crippen LogP contribution in [0.1, 0.15) is 15.9 Å². The van der Waals surface area contributed by atoms with E-state index in [0.717, 1.165) is 0 Å². The Hall–Kier alpha value is -2.60. The van der Waals surface area contributed by atoms with E-state index in [1.807, 2.05) is 0 Å². The van der Waals surface area contributed by atoms with E-state index in [-0.39, 0.29) is 18.1 Å². The van der Waals surface area contributed by atoms with Crippen molar-refractivity contribution < 1.29 is 19.4 Å². The molecule has 2 rings (SSSR count). The molecule has 104 valence electrons. The predicted molar refractivity (Wildman–Crippen MR) is 72.4 cm³/mol. The second-order valence-corrected chi connectivity index (χ2v) is 4.02. The van der Waals surface area contributed by atoms with Crippen molar-refractivity contribution in [3.63, 3.8) is 0 Å². The van der Waals surface area contributed by atoms with Crippen LogP contribution in [0.2, 0.25) is 0 Å². The van der Waals surface area contributed by atoms with Gasteiger partial charge in [0, 0.05) is 0 Å². The number of aliphatic hydroxyl groups excluding tert-OH is 1.